The molecule has 1 N–H and O–H groups in total. The normalized spacial score (nSPS) is 18.2. The van der Waals surface area contributed by atoms with Crippen LogP contribution >= 0.6 is 0 Å². The van der Waals surface area contributed by atoms with Crippen molar-refractivity contribution in [2.75, 3.05) is 27.4 Å². The molecule has 0 radical (unpaired) electrons. The first-order chi connectivity index (χ1) is 9.19. The van der Waals surface area contributed by atoms with Gasteiger partial charge in [-0.2, -0.15) is 5.10 Å². The summed E-state index contributed by atoms with van der Waals surface area (Å²) < 4.78 is 0. The van der Waals surface area contributed by atoms with Gasteiger partial charge in [0.15, 0.2) is 0 Å². The van der Waals surface area contributed by atoms with Crippen molar-refractivity contribution in [1.29, 1.82) is 0 Å². The van der Waals surface area contributed by atoms with E-state index in [0.717, 1.165) is 37.8 Å². The highest BCUT2D eigenvalue weighted by molar-refractivity contribution is 5.10. The third-order valence-electron chi connectivity index (χ3n) is 3.30. The van der Waals surface area contributed by atoms with Gasteiger partial charge in [-0.15, -0.1) is 0 Å². The van der Waals surface area contributed by atoms with E-state index in [0.29, 0.717) is 0 Å². The molecule has 0 fully saturated rings. The Hall–Kier alpha value is -2.11. The van der Waals surface area contributed by atoms with E-state index in [1.54, 1.807) is 0 Å². The van der Waals surface area contributed by atoms with Crippen LogP contribution in [-0.2, 0) is 13.1 Å². The van der Waals surface area contributed by atoms with Crippen molar-refractivity contribution in [3.05, 3.63) is 42.3 Å². The Labute approximate surface area is 113 Å². The fraction of sp³-hybridized carbons (Fsp3) is 0.462. The average molecular weight is 260 g/mol. The zero-order chi connectivity index (χ0) is 13.2. The van der Waals surface area contributed by atoms with Crippen LogP contribution in [0.4, 0.5) is 0 Å². The summed E-state index contributed by atoms with van der Waals surface area (Å²) in [7, 11) is 4.15. The number of aromatic nitrogens is 2. The molecule has 19 heavy (non-hydrogen) atoms. The minimum Gasteiger partial charge on any atom is -0.362 e. The van der Waals surface area contributed by atoms with Crippen LogP contribution in [0.5, 0.6) is 0 Å². The number of nitrogens with zero attached hydrogens (tertiary/aromatic N) is 5. The number of hydrogen-bond donors (Lipinski definition) is 1. The number of rotatable bonds is 4. The molecular weight excluding hydrogens is 240 g/mol. The van der Waals surface area contributed by atoms with Crippen LogP contribution in [0.25, 0.3) is 0 Å². The molecule has 3 heterocycles. The maximum atomic E-state index is 4.38. The van der Waals surface area contributed by atoms with Crippen molar-refractivity contribution in [2.45, 2.75) is 13.1 Å². The molecule has 6 nitrogen and oxygen atoms in total. The molecule has 0 saturated carbocycles. The zero-order valence-corrected chi connectivity index (χ0v) is 11.5. The average Bonchev–Trinajstić information content (AvgIpc) is 3.05. The predicted octanol–water partition coefficient (Wildman–Crippen LogP) is 0.762. The second-order valence-electron chi connectivity index (χ2n) is 5.27. The summed E-state index contributed by atoms with van der Waals surface area (Å²) >= 11 is 0. The smallest absolute Gasteiger partial charge is 0.0894 e. The van der Waals surface area contributed by atoms with Gasteiger partial charge in [0.05, 0.1) is 37.8 Å². The second kappa shape index (κ2) is 4.87. The number of H-pyrrole nitrogens is 1. The van der Waals surface area contributed by atoms with Gasteiger partial charge >= 0.3 is 0 Å². The van der Waals surface area contributed by atoms with E-state index < -0.39 is 0 Å². The lowest BCUT2D eigenvalue weighted by atomic mass is 10.3. The van der Waals surface area contributed by atoms with Crippen LogP contribution in [0.1, 0.15) is 11.4 Å². The Balaban J connectivity index is 1.55. The number of nitrogens with one attached hydrogen (secondary N) is 1. The third-order valence-corrected chi connectivity index (χ3v) is 3.30. The lowest BCUT2D eigenvalue weighted by molar-refractivity contribution is 0.288. The molecule has 2 aliphatic heterocycles. The highest BCUT2D eigenvalue weighted by atomic mass is 15.3. The molecule has 0 saturated heterocycles. The molecule has 0 amide bonds. The summed E-state index contributed by atoms with van der Waals surface area (Å²) in [6.07, 6.45) is 8.38. The molecule has 0 aliphatic carbocycles. The quantitative estimate of drug-likeness (QED) is 0.866. The highest BCUT2D eigenvalue weighted by Gasteiger charge is 2.13. The first-order valence-electron chi connectivity index (χ1n) is 6.47. The number of aromatic amines is 1. The van der Waals surface area contributed by atoms with Crippen LogP contribution in [0.3, 0.4) is 0 Å². The lowest BCUT2D eigenvalue weighted by Crippen LogP contribution is -2.22. The second-order valence-corrected chi connectivity index (χ2v) is 5.27. The molecule has 1 aromatic heterocycles. The highest BCUT2D eigenvalue weighted by Crippen LogP contribution is 2.12. The van der Waals surface area contributed by atoms with E-state index in [1.165, 1.54) is 0 Å². The van der Waals surface area contributed by atoms with Gasteiger partial charge in [-0.25, -0.2) is 0 Å². The molecule has 2 aliphatic rings. The Bertz CT molecular complexity index is 449. The van der Waals surface area contributed by atoms with Crippen LogP contribution in [0.15, 0.2) is 30.9 Å². The molecule has 0 aromatic carbocycles. The minimum absolute atomic E-state index is 0.854. The fourth-order valence-corrected chi connectivity index (χ4v) is 2.38. The Morgan fingerprint density at radius 1 is 1.00 bits per heavy atom. The summed E-state index contributed by atoms with van der Waals surface area (Å²) in [4.78, 5) is 8.80. The standard InChI is InChI=1S/C13H20N6/c1-16-3-5-18(10-16)8-12-7-13(15-14-12)9-19-6-4-17(2)11-19/h3-7H,8-11H2,1-2H3,(H,14,15). The summed E-state index contributed by atoms with van der Waals surface area (Å²) in [6.45, 7) is 3.60. The molecule has 0 bridgehead atoms. The van der Waals surface area contributed by atoms with E-state index in [1.807, 2.05) is 0 Å². The van der Waals surface area contributed by atoms with Gasteiger partial charge < -0.3 is 19.6 Å². The van der Waals surface area contributed by atoms with Gasteiger partial charge in [0, 0.05) is 38.9 Å². The van der Waals surface area contributed by atoms with Crippen molar-refractivity contribution in [3.8, 4) is 0 Å². The van der Waals surface area contributed by atoms with Crippen molar-refractivity contribution in [2.24, 2.45) is 0 Å². The van der Waals surface area contributed by atoms with E-state index in [2.05, 4.69) is 74.8 Å². The Kier molecular flexibility index (Phi) is 3.06. The van der Waals surface area contributed by atoms with E-state index in [9.17, 15) is 0 Å². The van der Waals surface area contributed by atoms with Gasteiger partial charge in [0.1, 0.15) is 0 Å². The summed E-state index contributed by atoms with van der Waals surface area (Å²) in [5.74, 6) is 0. The summed E-state index contributed by atoms with van der Waals surface area (Å²) in [5, 5.41) is 7.51. The van der Waals surface area contributed by atoms with Crippen LogP contribution < -0.4 is 0 Å². The monoisotopic (exact) mass is 260 g/mol. The van der Waals surface area contributed by atoms with Crippen molar-refractivity contribution in [3.63, 3.8) is 0 Å². The largest absolute Gasteiger partial charge is 0.362 e. The van der Waals surface area contributed by atoms with Crippen molar-refractivity contribution >= 4 is 0 Å². The van der Waals surface area contributed by atoms with Crippen LogP contribution in [-0.4, -0.2) is 57.2 Å². The summed E-state index contributed by atoms with van der Waals surface area (Å²) in [5.41, 5.74) is 2.25. The Morgan fingerprint density at radius 2 is 1.63 bits per heavy atom. The molecule has 3 rings (SSSR count). The fourth-order valence-electron chi connectivity index (χ4n) is 2.38. The molecule has 0 unspecified atom stereocenters. The van der Waals surface area contributed by atoms with Crippen LogP contribution in [0, 0.1) is 0 Å². The molecule has 0 atom stereocenters. The topological polar surface area (TPSA) is 41.6 Å². The van der Waals surface area contributed by atoms with Gasteiger partial charge in [-0.05, 0) is 6.07 Å². The Morgan fingerprint density at radius 3 is 2.21 bits per heavy atom. The summed E-state index contributed by atoms with van der Waals surface area (Å²) in [6, 6.07) is 2.15. The maximum absolute atomic E-state index is 4.38. The third kappa shape index (κ3) is 2.83. The van der Waals surface area contributed by atoms with E-state index in [-0.39, 0.29) is 0 Å². The predicted molar refractivity (Wildman–Crippen MR) is 73.2 cm³/mol. The molecule has 102 valence electrons. The van der Waals surface area contributed by atoms with Gasteiger partial charge in [-0.3, -0.25) is 5.10 Å². The van der Waals surface area contributed by atoms with Gasteiger partial charge in [-0.1, -0.05) is 0 Å². The zero-order valence-electron chi connectivity index (χ0n) is 11.5. The first kappa shape index (κ1) is 12.0. The van der Waals surface area contributed by atoms with Gasteiger partial charge in [0.2, 0.25) is 0 Å². The molecule has 0 spiro atoms. The van der Waals surface area contributed by atoms with Crippen molar-refractivity contribution < 1.29 is 0 Å². The van der Waals surface area contributed by atoms with Gasteiger partial charge in [0.25, 0.3) is 0 Å². The van der Waals surface area contributed by atoms with Crippen molar-refractivity contribution in [1.82, 2.24) is 29.8 Å². The van der Waals surface area contributed by atoms with E-state index in [4.69, 9.17) is 0 Å². The van der Waals surface area contributed by atoms with E-state index >= 15 is 0 Å². The maximum Gasteiger partial charge on any atom is 0.0894 e. The number of hydrogen-bond acceptors (Lipinski definition) is 5. The lowest BCUT2D eigenvalue weighted by Gasteiger charge is -2.17. The SMILES string of the molecule is CN1C=CN(Cc2cc(CN3C=CN(C)C3)[nH]n2)C1. The molecular formula is C13H20N6. The molecule has 1 aromatic rings. The van der Waals surface area contributed by atoms with Crippen LogP contribution in [0.2, 0.25) is 0 Å². The minimum atomic E-state index is 0.854. The molecule has 6 heteroatoms. The first-order valence-corrected chi connectivity index (χ1v) is 6.47.